The number of nitrogens with zero attached hydrogens (tertiary/aromatic N) is 2. The van der Waals surface area contributed by atoms with Crippen LogP contribution in [-0.2, 0) is 4.79 Å². The number of rotatable bonds is 5. The standard InChI is InChI=1S/C13H25N3O/c1-14-7-6-13(17)16-10-4-5-12(16)11-15-8-2-3-9-15/h12,14H,2-11H2,1H3. The monoisotopic (exact) mass is 239 g/mol. The smallest absolute Gasteiger partial charge is 0.224 e. The number of hydrogen-bond donors (Lipinski definition) is 1. The topological polar surface area (TPSA) is 35.6 Å². The van der Waals surface area contributed by atoms with Crippen LogP contribution < -0.4 is 5.32 Å². The lowest BCUT2D eigenvalue weighted by molar-refractivity contribution is -0.132. The quantitative estimate of drug-likeness (QED) is 0.766. The molecule has 0 spiro atoms. The molecule has 2 aliphatic rings. The fourth-order valence-electron chi connectivity index (χ4n) is 2.99. The first-order valence-electron chi connectivity index (χ1n) is 6.97. The molecule has 0 aliphatic carbocycles. The van der Waals surface area contributed by atoms with Gasteiger partial charge in [0.25, 0.3) is 0 Å². The van der Waals surface area contributed by atoms with Gasteiger partial charge in [-0.05, 0) is 45.8 Å². The zero-order valence-corrected chi connectivity index (χ0v) is 11.0. The molecule has 0 aromatic heterocycles. The maximum absolute atomic E-state index is 12.1. The van der Waals surface area contributed by atoms with E-state index >= 15 is 0 Å². The third kappa shape index (κ3) is 3.42. The van der Waals surface area contributed by atoms with E-state index in [0.29, 0.717) is 18.4 Å². The largest absolute Gasteiger partial charge is 0.338 e. The van der Waals surface area contributed by atoms with Gasteiger partial charge in [-0.2, -0.15) is 0 Å². The lowest BCUT2D eigenvalue weighted by atomic mass is 10.2. The van der Waals surface area contributed by atoms with E-state index in [0.717, 1.165) is 19.6 Å². The normalized spacial score (nSPS) is 25.7. The van der Waals surface area contributed by atoms with Crippen LogP contribution in [0.25, 0.3) is 0 Å². The molecule has 0 bridgehead atoms. The molecule has 0 saturated carbocycles. The van der Waals surface area contributed by atoms with Crippen molar-refractivity contribution in [1.29, 1.82) is 0 Å². The van der Waals surface area contributed by atoms with Gasteiger partial charge in [0, 0.05) is 32.1 Å². The van der Waals surface area contributed by atoms with Gasteiger partial charge in [-0.25, -0.2) is 0 Å². The van der Waals surface area contributed by atoms with Gasteiger partial charge < -0.3 is 15.1 Å². The predicted octanol–water partition coefficient (Wildman–Crippen LogP) is 0.683. The van der Waals surface area contributed by atoms with Gasteiger partial charge in [-0.1, -0.05) is 0 Å². The summed E-state index contributed by atoms with van der Waals surface area (Å²) in [7, 11) is 1.90. The Kier molecular flexibility index (Phi) is 4.80. The summed E-state index contributed by atoms with van der Waals surface area (Å²) >= 11 is 0. The molecule has 1 amide bonds. The summed E-state index contributed by atoms with van der Waals surface area (Å²) in [5, 5.41) is 3.05. The Labute approximate surface area is 104 Å². The number of likely N-dealkylation sites (tertiary alicyclic amines) is 2. The molecule has 1 atom stereocenters. The molecule has 17 heavy (non-hydrogen) atoms. The third-order valence-corrected chi connectivity index (χ3v) is 3.95. The van der Waals surface area contributed by atoms with Crippen molar-refractivity contribution in [2.75, 3.05) is 39.8 Å². The van der Waals surface area contributed by atoms with Gasteiger partial charge in [0.15, 0.2) is 0 Å². The van der Waals surface area contributed by atoms with E-state index in [2.05, 4.69) is 15.1 Å². The van der Waals surface area contributed by atoms with E-state index in [4.69, 9.17) is 0 Å². The highest BCUT2D eigenvalue weighted by atomic mass is 16.2. The highest BCUT2D eigenvalue weighted by molar-refractivity contribution is 5.77. The molecule has 1 N–H and O–H groups in total. The minimum atomic E-state index is 0.334. The van der Waals surface area contributed by atoms with Crippen LogP contribution in [0.4, 0.5) is 0 Å². The number of carbonyl (C=O) groups is 1. The second kappa shape index (κ2) is 6.36. The molecule has 0 radical (unpaired) electrons. The highest BCUT2D eigenvalue weighted by Crippen LogP contribution is 2.20. The van der Waals surface area contributed by atoms with E-state index < -0.39 is 0 Å². The SMILES string of the molecule is CNCCC(=O)N1CCCC1CN1CCCC1. The predicted molar refractivity (Wildman–Crippen MR) is 69.0 cm³/mol. The molecular formula is C13H25N3O. The van der Waals surface area contributed by atoms with E-state index in [1.54, 1.807) is 0 Å². The molecule has 4 heteroatoms. The van der Waals surface area contributed by atoms with Crippen molar-refractivity contribution in [2.45, 2.75) is 38.1 Å². The second-order valence-electron chi connectivity index (χ2n) is 5.24. The van der Waals surface area contributed by atoms with E-state index in [-0.39, 0.29) is 0 Å². The summed E-state index contributed by atoms with van der Waals surface area (Å²) in [4.78, 5) is 16.7. The summed E-state index contributed by atoms with van der Waals surface area (Å²) in [6.45, 7) is 5.34. The van der Waals surface area contributed by atoms with Crippen LogP contribution in [0.1, 0.15) is 32.1 Å². The molecule has 2 rings (SSSR count). The molecule has 4 nitrogen and oxygen atoms in total. The van der Waals surface area contributed by atoms with Crippen LogP contribution in [0, 0.1) is 0 Å². The fraction of sp³-hybridized carbons (Fsp3) is 0.923. The molecular weight excluding hydrogens is 214 g/mol. The van der Waals surface area contributed by atoms with Gasteiger partial charge in [0.05, 0.1) is 0 Å². The summed E-state index contributed by atoms with van der Waals surface area (Å²) in [6, 6.07) is 0.484. The molecule has 1 unspecified atom stereocenters. The number of nitrogens with one attached hydrogen (secondary N) is 1. The maximum Gasteiger partial charge on any atom is 0.224 e. The Morgan fingerprint density at radius 2 is 2.00 bits per heavy atom. The maximum atomic E-state index is 12.1. The number of hydrogen-bond acceptors (Lipinski definition) is 3. The molecule has 0 aromatic carbocycles. The van der Waals surface area contributed by atoms with E-state index in [1.165, 1.54) is 38.8 Å². The van der Waals surface area contributed by atoms with Crippen molar-refractivity contribution >= 4 is 5.91 Å². The average molecular weight is 239 g/mol. The van der Waals surface area contributed by atoms with Gasteiger partial charge in [0.1, 0.15) is 0 Å². The van der Waals surface area contributed by atoms with Gasteiger partial charge in [-0.3, -0.25) is 4.79 Å². The van der Waals surface area contributed by atoms with Crippen molar-refractivity contribution in [2.24, 2.45) is 0 Å². The minimum absolute atomic E-state index is 0.334. The first-order valence-corrected chi connectivity index (χ1v) is 6.97. The zero-order chi connectivity index (χ0) is 12.1. The summed E-state index contributed by atoms with van der Waals surface area (Å²) in [5.41, 5.74) is 0. The summed E-state index contributed by atoms with van der Waals surface area (Å²) < 4.78 is 0. The van der Waals surface area contributed by atoms with Crippen LogP contribution in [0.3, 0.4) is 0 Å². The first-order chi connectivity index (χ1) is 8.31. The Balaban J connectivity index is 1.81. The first kappa shape index (κ1) is 12.8. The van der Waals surface area contributed by atoms with Crippen molar-refractivity contribution in [3.63, 3.8) is 0 Å². The van der Waals surface area contributed by atoms with Crippen LogP contribution >= 0.6 is 0 Å². The van der Waals surface area contributed by atoms with Gasteiger partial charge in [0.2, 0.25) is 5.91 Å². The van der Waals surface area contributed by atoms with E-state index in [9.17, 15) is 4.79 Å². The molecule has 2 fully saturated rings. The molecule has 2 heterocycles. The summed E-state index contributed by atoms with van der Waals surface area (Å²) in [6.07, 6.45) is 5.69. The van der Waals surface area contributed by atoms with Crippen LogP contribution in [0.5, 0.6) is 0 Å². The number of amides is 1. The number of carbonyl (C=O) groups excluding carboxylic acids is 1. The average Bonchev–Trinajstić information content (AvgIpc) is 2.97. The minimum Gasteiger partial charge on any atom is -0.338 e. The highest BCUT2D eigenvalue weighted by Gasteiger charge is 2.30. The Morgan fingerprint density at radius 3 is 2.71 bits per heavy atom. The van der Waals surface area contributed by atoms with E-state index in [1.807, 2.05) is 7.05 Å². The van der Waals surface area contributed by atoms with Crippen molar-refractivity contribution < 1.29 is 4.79 Å². The van der Waals surface area contributed by atoms with Crippen molar-refractivity contribution in [1.82, 2.24) is 15.1 Å². The summed E-state index contributed by atoms with van der Waals surface area (Å²) in [5.74, 6) is 0.334. The van der Waals surface area contributed by atoms with Crippen molar-refractivity contribution in [3.8, 4) is 0 Å². The third-order valence-electron chi connectivity index (χ3n) is 3.95. The fourth-order valence-corrected chi connectivity index (χ4v) is 2.99. The van der Waals surface area contributed by atoms with Gasteiger partial charge in [-0.15, -0.1) is 0 Å². The Hall–Kier alpha value is -0.610. The molecule has 0 aromatic rings. The lowest BCUT2D eigenvalue weighted by Gasteiger charge is -2.28. The molecule has 2 saturated heterocycles. The molecule has 2 aliphatic heterocycles. The van der Waals surface area contributed by atoms with Crippen LogP contribution in [0.2, 0.25) is 0 Å². The van der Waals surface area contributed by atoms with Gasteiger partial charge >= 0.3 is 0 Å². The molecule has 98 valence electrons. The lowest BCUT2D eigenvalue weighted by Crippen LogP contribution is -2.43. The second-order valence-corrected chi connectivity index (χ2v) is 5.24. The van der Waals surface area contributed by atoms with Crippen LogP contribution in [-0.4, -0.2) is 61.5 Å². The zero-order valence-electron chi connectivity index (χ0n) is 11.0. The van der Waals surface area contributed by atoms with Crippen LogP contribution in [0.15, 0.2) is 0 Å². The Morgan fingerprint density at radius 1 is 1.24 bits per heavy atom. The Bertz CT molecular complexity index is 251. The van der Waals surface area contributed by atoms with Crippen molar-refractivity contribution in [3.05, 3.63) is 0 Å².